The van der Waals surface area contributed by atoms with Gasteiger partial charge in [-0.1, -0.05) is 42.5 Å². The number of pyridine rings is 1. The second-order valence-corrected chi connectivity index (χ2v) is 10.7. The Bertz CT molecular complexity index is 1900. The third-order valence-electron chi connectivity index (χ3n) is 7.57. The van der Waals surface area contributed by atoms with Gasteiger partial charge in [0.15, 0.2) is 5.78 Å². The van der Waals surface area contributed by atoms with E-state index in [1.165, 1.54) is 24.5 Å². The maximum Gasteiger partial charge on any atom is 0.433 e. The van der Waals surface area contributed by atoms with E-state index in [4.69, 9.17) is 9.41 Å². The molecule has 1 aliphatic heterocycles. The number of nitrogens with zero attached hydrogens (tertiary/aromatic N) is 6. The molecule has 0 saturated heterocycles. The molecule has 1 aliphatic carbocycles. The van der Waals surface area contributed by atoms with Gasteiger partial charge in [0.2, 0.25) is 11.8 Å². The first-order valence-corrected chi connectivity index (χ1v) is 13.9. The van der Waals surface area contributed by atoms with E-state index in [9.17, 15) is 22.4 Å². The van der Waals surface area contributed by atoms with Crippen LogP contribution in [-0.2, 0) is 23.8 Å². The highest BCUT2D eigenvalue weighted by Crippen LogP contribution is 2.39. The zero-order chi connectivity index (χ0) is 30.4. The van der Waals surface area contributed by atoms with Crippen LogP contribution < -0.4 is 0 Å². The fraction of sp³-hybridized carbons (Fsp3) is 0.219. The third kappa shape index (κ3) is 5.38. The first-order valence-electron chi connectivity index (χ1n) is 13.9. The van der Waals surface area contributed by atoms with Gasteiger partial charge in [-0.15, -0.1) is 10.2 Å². The van der Waals surface area contributed by atoms with E-state index in [1.807, 2.05) is 30.3 Å². The van der Waals surface area contributed by atoms with Gasteiger partial charge in [-0.3, -0.25) is 9.79 Å². The molecule has 1 atom stereocenters. The quantitative estimate of drug-likeness (QED) is 0.214. The average Bonchev–Trinajstić information content (AvgIpc) is 3.80. The zero-order valence-corrected chi connectivity index (χ0v) is 22.9. The lowest BCUT2D eigenvalue weighted by atomic mass is 9.95. The normalized spacial score (nSPS) is 16.8. The van der Waals surface area contributed by atoms with Gasteiger partial charge < -0.3 is 4.42 Å². The summed E-state index contributed by atoms with van der Waals surface area (Å²) in [5.74, 6) is -0.00815. The van der Waals surface area contributed by atoms with E-state index in [0.29, 0.717) is 22.7 Å². The fourth-order valence-corrected chi connectivity index (χ4v) is 5.17. The van der Waals surface area contributed by atoms with Crippen molar-refractivity contribution < 1.29 is 26.8 Å². The molecule has 3 aromatic heterocycles. The lowest BCUT2D eigenvalue weighted by Gasteiger charge is -2.11. The number of fused-ring (bicyclic) bond motifs is 1. The molecule has 8 nitrogen and oxygen atoms in total. The number of benzene rings is 2. The molecule has 0 radical (unpaired) electrons. The highest BCUT2D eigenvalue weighted by atomic mass is 19.4. The summed E-state index contributed by atoms with van der Waals surface area (Å²) in [7, 11) is 0. The number of carbonyl (C=O) groups excluding carboxylic acids is 1. The molecule has 5 aromatic rings. The lowest BCUT2D eigenvalue weighted by molar-refractivity contribution is -0.141. The Morgan fingerprint density at radius 1 is 0.864 bits per heavy atom. The van der Waals surface area contributed by atoms with Crippen molar-refractivity contribution >= 4 is 11.5 Å². The molecule has 0 amide bonds. The van der Waals surface area contributed by atoms with Crippen LogP contribution in [0, 0.1) is 5.82 Å². The van der Waals surface area contributed by atoms with Crippen molar-refractivity contribution in [3.63, 3.8) is 0 Å². The summed E-state index contributed by atoms with van der Waals surface area (Å²) in [4.78, 5) is 30.6. The number of hydrogen-bond donors (Lipinski definition) is 0. The van der Waals surface area contributed by atoms with Crippen molar-refractivity contribution in [2.75, 3.05) is 0 Å². The molecule has 0 bridgehead atoms. The van der Waals surface area contributed by atoms with Gasteiger partial charge in [0, 0.05) is 47.0 Å². The van der Waals surface area contributed by atoms with Crippen LogP contribution in [0.2, 0.25) is 0 Å². The highest BCUT2D eigenvalue weighted by molar-refractivity contribution is 6.16. The van der Waals surface area contributed by atoms with Crippen molar-refractivity contribution in [1.82, 2.24) is 25.1 Å². The second kappa shape index (κ2) is 10.9. The Balaban J connectivity index is 1.24. The Morgan fingerprint density at radius 2 is 1.64 bits per heavy atom. The molecule has 1 saturated carbocycles. The van der Waals surface area contributed by atoms with Gasteiger partial charge in [0.1, 0.15) is 23.4 Å². The summed E-state index contributed by atoms with van der Waals surface area (Å²) < 4.78 is 61.5. The van der Waals surface area contributed by atoms with E-state index in [0.717, 1.165) is 18.9 Å². The minimum Gasteiger partial charge on any atom is -0.421 e. The standard InChI is InChI=1S/C32H22F4N6O2/c33-23-8-4-7-20-22(23)13-25(43)24(39-28(20)17-5-2-1-3-6-17)14-27-41-42-31(44-27)21-11-12-26(32(34,35)36)40-29(21)19-15-37-30(38-16-19)18-9-10-18/h1-8,11-12,15-16,18,24H,9-10,13-14H2/t24-/m1/s1. The molecular formula is C32H22F4N6O2. The number of halogens is 4. The van der Waals surface area contributed by atoms with Crippen molar-refractivity contribution in [2.24, 2.45) is 4.99 Å². The largest absolute Gasteiger partial charge is 0.433 e. The maximum atomic E-state index is 14.9. The molecule has 2 aromatic carbocycles. The molecule has 4 heterocycles. The summed E-state index contributed by atoms with van der Waals surface area (Å²) in [6, 6.07) is 14.8. The minimum atomic E-state index is -4.69. The number of aliphatic imine (C=N–C) groups is 1. The van der Waals surface area contributed by atoms with Gasteiger partial charge in [-0.2, -0.15) is 13.2 Å². The molecule has 12 heteroatoms. The Kier molecular flexibility index (Phi) is 6.83. The van der Waals surface area contributed by atoms with Crippen molar-refractivity contribution in [1.29, 1.82) is 0 Å². The number of aromatic nitrogens is 5. The van der Waals surface area contributed by atoms with Gasteiger partial charge in [0.05, 0.1) is 23.4 Å². The SMILES string of the molecule is O=C1Cc2c(F)cccc2C(c2ccccc2)=N[C@@H]1Cc1nnc(-c2ccc(C(F)(F)F)nc2-c2cnc(C3CC3)nc2)o1. The molecule has 220 valence electrons. The van der Waals surface area contributed by atoms with Crippen molar-refractivity contribution in [2.45, 2.75) is 43.8 Å². The van der Waals surface area contributed by atoms with E-state index in [2.05, 4.69) is 25.1 Å². The molecule has 7 rings (SSSR count). The number of ketones is 1. The number of carbonyl (C=O) groups is 1. The van der Waals surface area contributed by atoms with E-state index in [-0.39, 0.29) is 58.7 Å². The van der Waals surface area contributed by atoms with Gasteiger partial charge in [-0.25, -0.2) is 19.3 Å². The third-order valence-corrected chi connectivity index (χ3v) is 7.57. The van der Waals surface area contributed by atoms with Crippen molar-refractivity contribution in [3.05, 3.63) is 113 Å². The molecule has 44 heavy (non-hydrogen) atoms. The van der Waals surface area contributed by atoms with Crippen LogP contribution in [0.15, 0.2) is 82.5 Å². The molecule has 0 spiro atoms. The van der Waals surface area contributed by atoms with Crippen LogP contribution in [0.3, 0.4) is 0 Å². The summed E-state index contributed by atoms with van der Waals surface area (Å²) in [6.07, 6.45) is -0.155. The Labute approximate surface area is 248 Å². The van der Waals surface area contributed by atoms with E-state index in [1.54, 1.807) is 12.1 Å². The zero-order valence-electron chi connectivity index (χ0n) is 22.9. The van der Waals surface area contributed by atoms with Crippen molar-refractivity contribution in [3.8, 4) is 22.7 Å². The molecule has 0 N–H and O–H groups in total. The van der Waals surface area contributed by atoms with Crippen LogP contribution in [0.25, 0.3) is 22.7 Å². The molecular weight excluding hydrogens is 576 g/mol. The lowest BCUT2D eigenvalue weighted by Crippen LogP contribution is -2.23. The second-order valence-electron chi connectivity index (χ2n) is 10.7. The topological polar surface area (TPSA) is 107 Å². The number of alkyl halides is 3. The average molecular weight is 599 g/mol. The molecule has 1 fully saturated rings. The number of hydrogen-bond acceptors (Lipinski definition) is 8. The summed E-state index contributed by atoms with van der Waals surface area (Å²) in [6.45, 7) is 0. The van der Waals surface area contributed by atoms with E-state index < -0.39 is 23.7 Å². The monoisotopic (exact) mass is 598 g/mol. The van der Waals surface area contributed by atoms with Gasteiger partial charge in [0.25, 0.3) is 0 Å². The van der Waals surface area contributed by atoms with E-state index >= 15 is 0 Å². The fourth-order valence-electron chi connectivity index (χ4n) is 5.17. The number of Topliss-reactive ketones (excluding diaryl/α,β-unsaturated/α-hetero) is 1. The first kappa shape index (κ1) is 27.7. The molecule has 2 aliphatic rings. The van der Waals surface area contributed by atoms with Crippen LogP contribution >= 0.6 is 0 Å². The Morgan fingerprint density at radius 3 is 2.36 bits per heavy atom. The number of rotatable bonds is 6. The van der Waals surface area contributed by atoms with Crippen LogP contribution in [-0.4, -0.2) is 42.7 Å². The van der Waals surface area contributed by atoms with Gasteiger partial charge in [-0.05, 0) is 31.0 Å². The van der Waals surface area contributed by atoms with Gasteiger partial charge >= 0.3 is 6.18 Å². The Hall–Kier alpha value is -5.13. The minimum absolute atomic E-state index is 0.0344. The van der Waals surface area contributed by atoms with Crippen LogP contribution in [0.4, 0.5) is 17.6 Å². The van der Waals surface area contributed by atoms with Crippen LogP contribution in [0.5, 0.6) is 0 Å². The summed E-state index contributed by atoms with van der Waals surface area (Å²) in [5, 5.41) is 8.14. The summed E-state index contributed by atoms with van der Waals surface area (Å²) in [5.41, 5.74) is 1.18. The first-order chi connectivity index (χ1) is 21.2. The van der Waals surface area contributed by atoms with Crippen LogP contribution in [0.1, 0.15) is 52.9 Å². The molecule has 0 unspecified atom stereocenters. The smallest absolute Gasteiger partial charge is 0.421 e. The predicted molar refractivity (Wildman–Crippen MR) is 150 cm³/mol. The highest BCUT2D eigenvalue weighted by Gasteiger charge is 2.35. The predicted octanol–water partition coefficient (Wildman–Crippen LogP) is 6.20. The maximum absolute atomic E-state index is 14.9. The summed E-state index contributed by atoms with van der Waals surface area (Å²) >= 11 is 0.